The second-order valence-electron chi connectivity index (χ2n) is 6.95. The molecule has 144 valence electrons. The van der Waals surface area contributed by atoms with Gasteiger partial charge in [-0.05, 0) is 32.9 Å². The molecule has 1 amide bonds. The largest absolute Gasteiger partial charge is 0.495 e. The quantitative estimate of drug-likeness (QED) is 0.886. The van der Waals surface area contributed by atoms with Gasteiger partial charge in [-0.2, -0.15) is 0 Å². The summed E-state index contributed by atoms with van der Waals surface area (Å²) in [6.45, 7) is 7.58. The van der Waals surface area contributed by atoms with Crippen molar-refractivity contribution < 1.29 is 9.53 Å². The first-order valence-electron chi connectivity index (χ1n) is 9.14. The molecule has 27 heavy (non-hydrogen) atoms. The molecule has 0 bridgehead atoms. The van der Waals surface area contributed by atoms with E-state index in [2.05, 4.69) is 14.9 Å². The Bertz CT molecular complexity index is 893. The number of amides is 1. The van der Waals surface area contributed by atoms with Crippen LogP contribution in [0.5, 0.6) is 5.75 Å². The number of piperazine rings is 1. The molecule has 1 saturated heterocycles. The van der Waals surface area contributed by atoms with Gasteiger partial charge in [0.2, 0.25) is 5.91 Å². The maximum atomic E-state index is 12.8. The van der Waals surface area contributed by atoms with Crippen molar-refractivity contribution >= 4 is 11.6 Å². The number of benzene rings is 1. The number of aromatic amines is 1. The van der Waals surface area contributed by atoms with Gasteiger partial charge in [0.25, 0.3) is 5.56 Å². The van der Waals surface area contributed by atoms with Crippen LogP contribution in [0.2, 0.25) is 0 Å². The van der Waals surface area contributed by atoms with Gasteiger partial charge < -0.3 is 19.5 Å². The number of aryl methyl sites for hydroxylation is 2. The number of nitrogens with one attached hydrogen (secondary N) is 1. The average molecular weight is 370 g/mol. The Balaban J connectivity index is 1.71. The minimum atomic E-state index is -0.228. The third kappa shape index (κ3) is 3.97. The molecule has 2 aromatic rings. The summed E-state index contributed by atoms with van der Waals surface area (Å²) in [7, 11) is 1.66. The maximum absolute atomic E-state index is 12.8. The molecule has 1 fully saturated rings. The highest BCUT2D eigenvalue weighted by Gasteiger charge is 2.29. The predicted octanol–water partition coefficient (Wildman–Crippen LogP) is 1.68. The highest BCUT2D eigenvalue weighted by Crippen LogP contribution is 2.29. The fourth-order valence-electron chi connectivity index (χ4n) is 3.65. The highest BCUT2D eigenvalue weighted by molar-refractivity contribution is 5.79. The minimum Gasteiger partial charge on any atom is -0.495 e. The number of nitrogens with zero attached hydrogens (tertiary/aromatic N) is 3. The molecular weight excluding hydrogens is 344 g/mol. The molecule has 1 aliphatic rings. The van der Waals surface area contributed by atoms with E-state index in [1.807, 2.05) is 36.1 Å². The third-order valence-corrected chi connectivity index (χ3v) is 5.04. The van der Waals surface area contributed by atoms with E-state index in [1.54, 1.807) is 21.0 Å². The lowest BCUT2D eigenvalue weighted by molar-refractivity contribution is -0.132. The lowest BCUT2D eigenvalue weighted by atomic mass is 10.1. The van der Waals surface area contributed by atoms with Crippen molar-refractivity contribution in [2.75, 3.05) is 31.6 Å². The molecule has 7 heteroatoms. The molecule has 0 aliphatic carbocycles. The first-order chi connectivity index (χ1) is 12.9. The summed E-state index contributed by atoms with van der Waals surface area (Å²) >= 11 is 0. The second-order valence-corrected chi connectivity index (χ2v) is 6.95. The number of hydrogen-bond donors (Lipinski definition) is 1. The lowest BCUT2D eigenvalue weighted by Crippen LogP contribution is -2.54. The smallest absolute Gasteiger partial charge is 0.254 e. The van der Waals surface area contributed by atoms with Crippen LogP contribution >= 0.6 is 0 Å². The van der Waals surface area contributed by atoms with E-state index in [0.717, 1.165) is 18.0 Å². The van der Waals surface area contributed by atoms with E-state index >= 15 is 0 Å². The number of para-hydroxylation sites is 2. The summed E-state index contributed by atoms with van der Waals surface area (Å²) in [6, 6.07) is 7.94. The third-order valence-electron chi connectivity index (χ3n) is 5.04. The molecule has 3 rings (SSSR count). The molecule has 0 spiro atoms. The molecule has 1 aromatic carbocycles. The number of H-pyrrole nitrogens is 1. The summed E-state index contributed by atoms with van der Waals surface area (Å²) in [5.74, 6) is 1.35. The summed E-state index contributed by atoms with van der Waals surface area (Å²) in [6.07, 6.45) is 0.0768. The zero-order chi connectivity index (χ0) is 19.6. The Morgan fingerprint density at radius 1 is 1.30 bits per heavy atom. The van der Waals surface area contributed by atoms with Crippen LogP contribution < -0.4 is 15.2 Å². The van der Waals surface area contributed by atoms with E-state index in [0.29, 0.717) is 30.2 Å². The molecular formula is C20H26N4O3. The molecule has 1 atom stereocenters. The van der Waals surface area contributed by atoms with Gasteiger partial charge in [0.1, 0.15) is 11.6 Å². The number of ether oxygens (including phenoxy) is 1. The Morgan fingerprint density at radius 2 is 2.04 bits per heavy atom. The summed E-state index contributed by atoms with van der Waals surface area (Å²) in [5.41, 5.74) is 1.87. The standard InChI is InChI=1S/C20H26N4O3/c1-13-12-23(17-7-5-6-8-18(17)27-4)9-10-24(13)19(25)11-16-14(2)21-15(3)22-20(16)26/h5-8,13H,9-12H2,1-4H3,(H,21,22,26). The number of methoxy groups -OCH3 is 1. The fourth-order valence-corrected chi connectivity index (χ4v) is 3.65. The van der Waals surface area contributed by atoms with Crippen LogP contribution in [0.1, 0.15) is 24.0 Å². The second kappa shape index (κ2) is 7.82. The number of anilines is 1. The van der Waals surface area contributed by atoms with Crippen molar-refractivity contribution in [2.24, 2.45) is 0 Å². The maximum Gasteiger partial charge on any atom is 0.254 e. The highest BCUT2D eigenvalue weighted by atomic mass is 16.5. The topological polar surface area (TPSA) is 78.5 Å². The molecule has 1 unspecified atom stereocenters. The van der Waals surface area contributed by atoms with E-state index in [1.165, 1.54) is 0 Å². The number of hydrogen-bond acceptors (Lipinski definition) is 5. The lowest BCUT2D eigenvalue weighted by Gasteiger charge is -2.41. The van der Waals surface area contributed by atoms with Crippen LogP contribution in [0.3, 0.4) is 0 Å². The van der Waals surface area contributed by atoms with Crippen molar-refractivity contribution in [3.63, 3.8) is 0 Å². The van der Waals surface area contributed by atoms with Gasteiger partial charge in [0.15, 0.2) is 0 Å². The van der Waals surface area contributed by atoms with Gasteiger partial charge in [-0.25, -0.2) is 4.98 Å². The van der Waals surface area contributed by atoms with Crippen LogP contribution in [0.15, 0.2) is 29.1 Å². The van der Waals surface area contributed by atoms with Gasteiger partial charge in [-0.3, -0.25) is 9.59 Å². The van der Waals surface area contributed by atoms with Crippen molar-refractivity contribution in [1.82, 2.24) is 14.9 Å². The summed E-state index contributed by atoms with van der Waals surface area (Å²) in [5, 5.41) is 0. The monoisotopic (exact) mass is 370 g/mol. The van der Waals surface area contributed by atoms with Gasteiger partial charge in [0.05, 0.1) is 19.2 Å². The molecule has 7 nitrogen and oxygen atoms in total. The molecule has 1 aromatic heterocycles. The number of rotatable bonds is 4. The summed E-state index contributed by atoms with van der Waals surface area (Å²) in [4.78, 5) is 36.1. The van der Waals surface area contributed by atoms with Gasteiger partial charge in [-0.15, -0.1) is 0 Å². The zero-order valence-corrected chi connectivity index (χ0v) is 16.3. The van der Waals surface area contributed by atoms with Crippen LogP contribution in [0.25, 0.3) is 0 Å². The number of aromatic nitrogens is 2. The van der Waals surface area contributed by atoms with E-state index in [4.69, 9.17) is 4.74 Å². The number of carbonyl (C=O) groups excluding carboxylic acids is 1. The molecule has 0 saturated carbocycles. The summed E-state index contributed by atoms with van der Waals surface area (Å²) < 4.78 is 5.46. The van der Waals surface area contributed by atoms with E-state index in [9.17, 15) is 9.59 Å². The van der Waals surface area contributed by atoms with Crippen LogP contribution in [-0.2, 0) is 11.2 Å². The van der Waals surface area contributed by atoms with Crippen molar-refractivity contribution in [3.8, 4) is 5.75 Å². The van der Waals surface area contributed by atoms with E-state index in [-0.39, 0.29) is 23.9 Å². The molecule has 0 radical (unpaired) electrons. The predicted molar refractivity (Wildman–Crippen MR) is 104 cm³/mol. The van der Waals surface area contributed by atoms with Crippen LogP contribution in [0.4, 0.5) is 5.69 Å². The Hall–Kier alpha value is -2.83. The normalized spacial score (nSPS) is 17.1. The molecule has 1 aliphatic heterocycles. The van der Waals surface area contributed by atoms with Gasteiger partial charge >= 0.3 is 0 Å². The first-order valence-corrected chi connectivity index (χ1v) is 9.14. The minimum absolute atomic E-state index is 0.0361. The first kappa shape index (κ1) is 18.9. The Kier molecular flexibility index (Phi) is 5.48. The SMILES string of the molecule is COc1ccccc1N1CCN(C(=O)Cc2c(C)nc(C)[nH]c2=O)C(C)C1. The average Bonchev–Trinajstić information content (AvgIpc) is 2.64. The van der Waals surface area contributed by atoms with Gasteiger partial charge in [0, 0.05) is 36.9 Å². The van der Waals surface area contributed by atoms with Crippen molar-refractivity contribution in [2.45, 2.75) is 33.2 Å². The van der Waals surface area contributed by atoms with Crippen molar-refractivity contribution in [1.29, 1.82) is 0 Å². The fraction of sp³-hybridized carbons (Fsp3) is 0.450. The molecule has 1 N–H and O–H groups in total. The van der Waals surface area contributed by atoms with Crippen molar-refractivity contribution in [3.05, 3.63) is 51.7 Å². The Labute approximate surface area is 159 Å². The van der Waals surface area contributed by atoms with Crippen LogP contribution in [-0.4, -0.2) is 53.6 Å². The molecule has 2 heterocycles. The zero-order valence-electron chi connectivity index (χ0n) is 16.3. The van der Waals surface area contributed by atoms with E-state index < -0.39 is 0 Å². The Morgan fingerprint density at radius 3 is 2.70 bits per heavy atom. The van der Waals surface area contributed by atoms with Gasteiger partial charge in [-0.1, -0.05) is 12.1 Å². The van der Waals surface area contributed by atoms with Crippen LogP contribution in [0, 0.1) is 13.8 Å². The number of carbonyl (C=O) groups is 1.